The van der Waals surface area contributed by atoms with Crippen LogP contribution in [0.2, 0.25) is 0 Å². The van der Waals surface area contributed by atoms with Crippen LogP contribution < -0.4 is 9.80 Å². The third-order valence-electron chi connectivity index (χ3n) is 5.40. The number of hydrogen-bond acceptors (Lipinski definition) is 6. The van der Waals surface area contributed by atoms with Crippen molar-refractivity contribution in [1.82, 2.24) is 4.90 Å². The number of likely N-dealkylation sites (tertiary alicyclic amines) is 1. The Balaban J connectivity index is 1.95. The lowest BCUT2D eigenvalue weighted by Gasteiger charge is -2.36. The van der Waals surface area contributed by atoms with Gasteiger partial charge in [0.2, 0.25) is 5.91 Å². The molecule has 1 aromatic rings. The minimum Gasteiger partial charge on any atom is -0.444 e. The van der Waals surface area contributed by atoms with Gasteiger partial charge >= 0.3 is 6.09 Å². The first-order valence-electron chi connectivity index (χ1n) is 19.4. The number of anilines is 2. The Bertz CT molecular complexity index is 1450. The summed E-state index contributed by atoms with van der Waals surface area (Å²) < 4.78 is 147. The Hall–Kier alpha value is -2.32. The maximum absolute atomic E-state index is 14.5. The van der Waals surface area contributed by atoms with E-state index in [0.29, 0.717) is 32.0 Å². The van der Waals surface area contributed by atoms with Crippen LogP contribution in [0.5, 0.6) is 0 Å². The highest BCUT2D eigenvalue weighted by atomic mass is 16.6. The van der Waals surface area contributed by atoms with Crippen LogP contribution in [0.3, 0.4) is 0 Å². The molecule has 1 atom stereocenters. The normalized spacial score (nSPS) is 36.6. The predicted molar refractivity (Wildman–Crippen MR) is 141 cm³/mol. The molecule has 0 aromatic heterocycles. The molecule has 0 aliphatic carbocycles. The maximum atomic E-state index is 14.5. The van der Waals surface area contributed by atoms with E-state index < -0.39 is 91.6 Å². The molecule has 8 heteroatoms. The molecule has 0 spiro atoms. The molecular weight excluding hydrogens is 458 g/mol. The van der Waals surface area contributed by atoms with E-state index in [2.05, 4.69) is 0 Å². The smallest absolute Gasteiger partial charge is 0.410 e. The summed E-state index contributed by atoms with van der Waals surface area (Å²) in [6.45, 7) is -9.17. The highest BCUT2D eigenvalue weighted by Gasteiger charge is 2.30. The number of ether oxygens (including phenoxy) is 3. The van der Waals surface area contributed by atoms with Crippen LogP contribution in [-0.4, -0.2) is 81.5 Å². The molecule has 3 aliphatic rings. The number of hydrogen-bond donors (Lipinski definition) is 0. The molecule has 1 aromatic carbocycles. The summed E-state index contributed by atoms with van der Waals surface area (Å²) >= 11 is 0. The van der Waals surface area contributed by atoms with E-state index >= 15 is 0 Å². The zero-order chi connectivity index (χ0) is 39.0. The number of carbonyl (C=O) groups is 2. The van der Waals surface area contributed by atoms with Gasteiger partial charge in [0.05, 0.1) is 18.7 Å². The summed E-state index contributed by atoms with van der Waals surface area (Å²) in [6.07, 6.45) is -14.3. The summed E-state index contributed by atoms with van der Waals surface area (Å²) in [5.41, 5.74) is -1.37. The minimum atomic E-state index is -4.31. The van der Waals surface area contributed by atoms with Gasteiger partial charge in [-0.25, -0.2) is 4.79 Å². The lowest BCUT2D eigenvalue weighted by molar-refractivity contribution is -0.120. The van der Waals surface area contributed by atoms with E-state index in [4.69, 9.17) is 30.7 Å². The van der Waals surface area contributed by atoms with Crippen molar-refractivity contribution in [2.75, 3.05) is 68.8 Å². The predicted octanol–water partition coefficient (Wildman–Crippen LogP) is 4.32. The average molecular weight is 517 g/mol. The van der Waals surface area contributed by atoms with Crippen molar-refractivity contribution in [1.29, 1.82) is 0 Å². The lowest BCUT2D eigenvalue weighted by atomic mass is 9.93. The summed E-state index contributed by atoms with van der Waals surface area (Å²) in [5, 5.41) is 0. The number of rotatable bonds is 6. The van der Waals surface area contributed by atoms with Crippen molar-refractivity contribution < 1.29 is 44.4 Å². The Labute approximate surface area is 236 Å². The third kappa shape index (κ3) is 7.59. The van der Waals surface area contributed by atoms with E-state index in [9.17, 15) is 13.7 Å². The van der Waals surface area contributed by atoms with Gasteiger partial charge in [0.25, 0.3) is 0 Å². The Kier molecular flexibility index (Phi) is 4.59. The molecule has 0 radical (unpaired) electrons. The highest BCUT2D eigenvalue weighted by Crippen LogP contribution is 2.28. The molecule has 0 bridgehead atoms. The van der Waals surface area contributed by atoms with E-state index in [1.807, 2.05) is 4.90 Å². The van der Waals surface area contributed by atoms with Gasteiger partial charge < -0.3 is 28.9 Å². The molecule has 36 heavy (non-hydrogen) atoms. The van der Waals surface area contributed by atoms with E-state index in [0.717, 1.165) is 12.1 Å². The van der Waals surface area contributed by atoms with Crippen molar-refractivity contribution in [3.63, 3.8) is 0 Å². The molecule has 3 fully saturated rings. The molecule has 8 nitrogen and oxygen atoms in total. The van der Waals surface area contributed by atoms with Crippen molar-refractivity contribution in [3.8, 4) is 0 Å². The number of carbonyl (C=O) groups excluding carboxylic acids is 2. The second-order valence-electron chi connectivity index (χ2n) is 9.36. The van der Waals surface area contributed by atoms with Crippen molar-refractivity contribution in [2.45, 2.75) is 58.3 Å². The molecule has 3 saturated heterocycles. The topological polar surface area (TPSA) is 71.6 Å². The Morgan fingerprint density at radius 3 is 2.44 bits per heavy atom. The van der Waals surface area contributed by atoms with Gasteiger partial charge in [-0.1, -0.05) is 0 Å². The first-order valence-corrected chi connectivity index (χ1v) is 11.9. The summed E-state index contributed by atoms with van der Waals surface area (Å²) in [6, 6.07) is 5.13. The largest absolute Gasteiger partial charge is 0.444 e. The quantitative estimate of drug-likeness (QED) is 0.561. The maximum Gasteiger partial charge on any atom is 0.410 e. The van der Waals surface area contributed by atoms with Gasteiger partial charge in [-0.3, -0.25) is 4.79 Å². The van der Waals surface area contributed by atoms with Crippen LogP contribution in [0, 0.1) is 11.8 Å². The van der Waals surface area contributed by atoms with Gasteiger partial charge in [0.15, 0.2) is 0 Å². The third-order valence-corrected chi connectivity index (χ3v) is 5.40. The van der Waals surface area contributed by atoms with Gasteiger partial charge in [-0.2, -0.15) is 0 Å². The Morgan fingerprint density at radius 1 is 1.11 bits per heavy atom. The summed E-state index contributed by atoms with van der Waals surface area (Å²) in [5.74, 6) is -7.55. The SMILES string of the molecule is [2H]C1([2H])CC(C([2H])([2H])C(=O)N(c2ccc(N3CCOCC3)cc2)C([2H])([2H])C2([2H])C([2H])([2H])C([2H])([2H])N(C(=O)OC(C)(C)C)C([2H])([2H])C2([2H])[2H])CCO1. The fourth-order valence-corrected chi connectivity index (χ4v) is 3.61. The van der Waals surface area contributed by atoms with E-state index in [1.54, 1.807) is 0 Å². The first kappa shape index (κ1) is 13.5. The monoisotopic (exact) mass is 516 g/mol. The molecule has 0 saturated carbocycles. The fourth-order valence-electron chi connectivity index (χ4n) is 3.61. The number of piperidine rings is 1. The van der Waals surface area contributed by atoms with E-state index in [-0.39, 0.29) is 17.9 Å². The fraction of sp³-hybridized carbons (Fsp3) is 0.714. The number of morpholine rings is 1. The van der Waals surface area contributed by atoms with Crippen LogP contribution in [-0.2, 0) is 19.0 Å². The lowest BCUT2D eigenvalue weighted by Crippen LogP contribution is -2.45. The zero-order valence-corrected chi connectivity index (χ0v) is 20.7. The van der Waals surface area contributed by atoms with Crippen molar-refractivity contribution in [2.24, 2.45) is 11.8 Å². The molecule has 4 rings (SSSR count). The van der Waals surface area contributed by atoms with Crippen LogP contribution in [0.1, 0.15) is 73.3 Å². The van der Waals surface area contributed by atoms with Crippen LogP contribution >= 0.6 is 0 Å². The first-order chi connectivity index (χ1) is 22.9. The zero-order valence-electron chi connectivity index (χ0n) is 35.7. The van der Waals surface area contributed by atoms with Crippen molar-refractivity contribution >= 4 is 23.4 Å². The standard InChI is InChI=1S/C28H43N3O5/c1-28(2,3)36-27(33)30-12-8-23(9-13-30)21-31(26(32)20-22-10-16-34-17-11-22)25-6-4-24(5-7-25)29-14-18-35-19-15-29/h4-7,22-23H,8-21H2,1-3H3/i8D2,9D2,12D2,13D2,16D2,20D2,21D2,23D. The average Bonchev–Trinajstić information content (AvgIpc) is 2.98. The minimum absolute atomic E-state index is 0.0148. The van der Waals surface area contributed by atoms with Crippen LogP contribution in [0.4, 0.5) is 16.2 Å². The molecular formula is C28H43N3O5. The van der Waals surface area contributed by atoms with E-state index in [1.165, 1.54) is 32.9 Å². The summed E-state index contributed by atoms with van der Waals surface area (Å²) in [4.78, 5) is 29.1. The van der Waals surface area contributed by atoms with Crippen LogP contribution in [0.15, 0.2) is 24.3 Å². The molecule has 0 N–H and O–H groups in total. The Morgan fingerprint density at radius 2 is 1.81 bits per heavy atom. The molecule has 3 aliphatic heterocycles. The molecule has 1 unspecified atom stereocenters. The molecule has 200 valence electrons. The van der Waals surface area contributed by atoms with Gasteiger partial charge in [-0.05, 0) is 82.4 Å². The molecule has 2 amide bonds. The second-order valence-corrected chi connectivity index (χ2v) is 9.36. The van der Waals surface area contributed by atoms with Crippen LogP contribution in [0.25, 0.3) is 0 Å². The van der Waals surface area contributed by atoms with Gasteiger partial charge in [0.1, 0.15) is 5.60 Å². The highest BCUT2D eigenvalue weighted by molar-refractivity contribution is 5.93. The molecule has 3 heterocycles. The summed E-state index contributed by atoms with van der Waals surface area (Å²) in [7, 11) is 0. The van der Waals surface area contributed by atoms with Gasteiger partial charge in [-0.15, -0.1) is 0 Å². The second kappa shape index (κ2) is 12.3. The number of nitrogens with zero attached hydrogens (tertiary/aromatic N) is 3. The number of amides is 2. The van der Waals surface area contributed by atoms with Crippen molar-refractivity contribution in [3.05, 3.63) is 24.3 Å². The number of benzene rings is 1. The van der Waals surface area contributed by atoms with Gasteiger partial charge in [0, 0.05) is 78.6 Å².